The SMILES string of the molecule is Clc1ccc(CNC2CCN3CCCCC23)cc1Br. The van der Waals surface area contributed by atoms with Gasteiger partial charge in [-0.25, -0.2) is 0 Å². The monoisotopic (exact) mass is 342 g/mol. The highest BCUT2D eigenvalue weighted by Crippen LogP contribution is 2.28. The van der Waals surface area contributed by atoms with Gasteiger partial charge in [0.1, 0.15) is 0 Å². The van der Waals surface area contributed by atoms with Gasteiger partial charge in [0, 0.05) is 29.6 Å². The molecule has 2 unspecified atom stereocenters. The van der Waals surface area contributed by atoms with E-state index in [2.05, 4.69) is 38.3 Å². The quantitative estimate of drug-likeness (QED) is 0.897. The minimum Gasteiger partial charge on any atom is -0.308 e. The number of nitrogens with one attached hydrogen (secondary N) is 1. The van der Waals surface area contributed by atoms with Crippen LogP contribution >= 0.6 is 27.5 Å². The highest BCUT2D eigenvalue weighted by atomic mass is 79.9. The Kier molecular flexibility index (Phi) is 4.47. The summed E-state index contributed by atoms with van der Waals surface area (Å²) in [5.74, 6) is 0. The molecule has 0 spiro atoms. The second-order valence-electron chi connectivity index (χ2n) is 5.62. The van der Waals surface area contributed by atoms with E-state index in [9.17, 15) is 0 Å². The van der Waals surface area contributed by atoms with Crippen LogP contribution in [0.4, 0.5) is 0 Å². The zero-order valence-corrected chi connectivity index (χ0v) is 13.4. The van der Waals surface area contributed by atoms with Crippen LogP contribution in [0.2, 0.25) is 5.02 Å². The predicted octanol–water partition coefficient (Wildman–Crippen LogP) is 3.82. The van der Waals surface area contributed by atoms with Gasteiger partial charge in [0.2, 0.25) is 0 Å². The zero-order chi connectivity index (χ0) is 13.2. The van der Waals surface area contributed by atoms with Gasteiger partial charge in [-0.1, -0.05) is 24.1 Å². The summed E-state index contributed by atoms with van der Waals surface area (Å²) in [7, 11) is 0. The third kappa shape index (κ3) is 3.15. The molecule has 2 fully saturated rings. The van der Waals surface area contributed by atoms with E-state index in [1.54, 1.807) is 0 Å². The van der Waals surface area contributed by atoms with Crippen LogP contribution in [-0.2, 0) is 6.54 Å². The number of hydrogen-bond donors (Lipinski definition) is 1. The van der Waals surface area contributed by atoms with Crippen LogP contribution in [0.1, 0.15) is 31.2 Å². The van der Waals surface area contributed by atoms with Gasteiger partial charge in [-0.2, -0.15) is 0 Å². The molecule has 0 radical (unpaired) electrons. The normalized spacial score (nSPS) is 27.5. The Hall–Kier alpha value is -0.0900. The molecular formula is C15H20BrClN2. The molecule has 2 aliphatic rings. The summed E-state index contributed by atoms with van der Waals surface area (Å²) in [5.41, 5.74) is 1.30. The van der Waals surface area contributed by atoms with Gasteiger partial charge < -0.3 is 5.32 Å². The van der Waals surface area contributed by atoms with Crippen molar-refractivity contribution in [3.63, 3.8) is 0 Å². The minimum absolute atomic E-state index is 0.662. The van der Waals surface area contributed by atoms with Crippen molar-refractivity contribution in [2.45, 2.75) is 44.3 Å². The molecule has 3 rings (SSSR count). The van der Waals surface area contributed by atoms with Crippen LogP contribution in [-0.4, -0.2) is 30.1 Å². The average Bonchev–Trinajstić information content (AvgIpc) is 2.83. The topological polar surface area (TPSA) is 15.3 Å². The van der Waals surface area contributed by atoms with Crippen molar-refractivity contribution in [1.29, 1.82) is 0 Å². The number of fused-ring (bicyclic) bond motifs is 1. The van der Waals surface area contributed by atoms with Crippen molar-refractivity contribution >= 4 is 27.5 Å². The largest absolute Gasteiger partial charge is 0.308 e. The lowest BCUT2D eigenvalue weighted by Gasteiger charge is -2.32. The molecule has 1 N–H and O–H groups in total. The van der Waals surface area contributed by atoms with E-state index in [4.69, 9.17) is 11.6 Å². The fourth-order valence-electron chi connectivity index (χ4n) is 3.38. The molecule has 1 aromatic carbocycles. The average molecular weight is 344 g/mol. The number of halogens is 2. The van der Waals surface area contributed by atoms with Gasteiger partial charge in [0.25, 0.3) is 0 Å². The van der Waals surface area contributed by atoms with E-state index in [-0.39, 0.29) is 0 Å². The first kappa shape index (κ1) is 13.9. The lowest BCUT2D eigenvalue weighted by molar-refractivity contribution is 0.180. The Morgan fingerprint density at radius 1 is 1.26 bits per heavy atom. The van der Waals surface area contributed by atoms with Crippen molar-refractivity contribution < 1.29 is 0 Å². The van der Waals surface area contributed by atoms with Crippen LogP contribution in [0.15, 0.2) is 22.7 Å². The first-order valence-electron chi connectivity index (χ1n) is 7.15. The maximum absolute atomic E-state index is 6.03. The van der Waals surface area contributed by atoms with Crippen LogP contribution in [0.3, 0.4) is 0 Å². The molecule has 2 saturated heterocycles. The highest BCUT2D eigenvalue weighted by molar-refractivity contribution is 9.10. The van der Waals surface area contributed by atoms with Gasteiger partial charge in [0.05, 0.1) is 5.02 Å². The Labute approximate surface area is 128 Å². The molecule has 0 aromatic heterocycles. The first-order valence-corrected chi connectivity index (χ1v) is 8.32. The van der Waals surface area contributed by atoms with Gasteiger partial charge in [-0.15, -0.1) is 0 Å². The zero-order valence-electron chi connectivity index (χ0n) is 11.0. The van der Waals surface area contributed by atoms with Crippen molar-refractivity contribution in [2.24, 2.45) is 0 Å². The third-order valence-corrected chi connectivity index (χ3v) is 5.62. The lowest BCUT2D eigenvalue weighted by atomic mass is 9.99. The van der Waals surface area contributed by atoms with Crippen LogP contribution in [0, 0.1) is 0 Å². The van der Waals surface area contributed by atoms with Crippen molar-refractivity contribution in [1.82, 2.24) is 10.2 Å². The first-order chi connectivity index (χ1) is 9.24. The van der Waals surface area contributed by atoms with Crippen molar-refractivity contribution in [2.75, 3.05) is 13.1 Å². The molecule has 104 valence electrons. The number of benzene rings is 1. The third-order valence-electron chi connectivity index (χ3n) is 4.41. The second-order valence-corrected chi connectivity index (χ2v) is 6.89. The molecule has 0 aliphatic carbocycles. The van der Waals surface area contributed by atoms with Crippen molar-refractivity contribution in [3.05, 3.63) is 33.3 Å². The highest BCUT2D eigenvalue weighted by Gasteiger charge is 2.34. The summed E-state index contributed by atoms with van der Waals surface area (Å²) < 4.78 is 0.985. The molecule has 1 aromatic rings. The number of piperidine rings is 1. The van der Waals surface area contributed by atoms with E-state index in [0.29, 0.717) is 6.04 Å². The number of hydrogen-bond acceptors (Lipinski definition) is 2. The predicted molar refractivity (Wildman–Crippen MR) is 83.6 cm³/mol. The molecule has 4 heteroatoms. The fraction of sp³-hybridized carbons (Fsp3) is 0.600. The Morgan fingerprint density at radius 2 is 2.16 bits per heavy atom. The van der Waals surface area contributed by atoms with Gasteiger partial charge in [-0.05, 0) is 59.4 Å². The molecule has 2 atom stereocenters. The van der Waals surface area contributed by atoms with Gasteiger partial charge in [0.15, 0.2) is 0 Å². The summed E-state index contributed by atoms with van der Waals surface area (Å²) in [6.07, 6.45) is 5.43. The maximum atomic E-state index is 6.03. The van der Waals surface area contributed by atoms with Crippen LogP contribution < -0.4 is 5.32 Å². The van der Waals surface area contributed by atoms with E-state index in [1.807, 2.05) is 6.07 Å². The molecule has 0 bridgehead atoms. The van der Waals surface area contributed by atoms with E-state index in [1.165, 1.54) is 44.3 Å². The fourth-order valence-corrected chi connectivity index (χ4v) is 3.93. The molecule has 19 heavy (non-hydrogen) atoms. The standard InChI is InChI=1S/C15H20BrClN2/c16-12-9-11(4-5-13(12)17)10-18-14-6-8-19-7-2-1-3-15(14)19/h4-5,9,14-15,18H,1-3,6-8,10H2. The van der Waals surface area contributed by atoms with E-state index >= 15 is 0 Å². The molecule has 2 heterocycles. The van der Waals surface area contributed by atoms with Crippen molar-refractivity contribution in [3.8, 4) is 0 Å². The Balaban J connectivity index is 1.58. The molecular weight excluding hydrogens is 324 g/mol. The lowest BCUT2D eigenvalue weighted by Crippen LogP contribution is -2.44. The van der Waals surface area contributed by atoms with E-state index in [0.717, 1.165) is 22.1 Å². The summed E-state index contributed by atoms with van der Waals surface area (Å²) in [6.45, 7) is 3.51. The molecule has 0 saturated carbocycles. The summed E-state index contributed by atoms with van der Waals surface area (Å²) in [4.78, 5) is 2.67. The molecule has 2 aliphatic heterocycles. The van der Waals surface area contributed by atoms with Crippen LogP contribution in [0.25, 0.3) is 0 Å². The maximum Gasteiger partial charge on any atom is 0.0548 e. The molecule has 2 nitrogen and oxygen atoms in total. The minimum atomic E-state index is 0.662. The Morgan fingerprint density at radius 3 is 3.00 bits per heavy atom. The van der Waals surface area contributed by atoms with Crippen LogP contribution in [0.5, 0.6) is 0 Å². The number of rotatable bonds is 3. The van der Waals surface area contributed by atoms with Gasteiger partial charge in [-0.3, -0.25) is 4.90 Å². The summed E-state index contributed by atoms with van der Waals surface area (Å²) in [5, 5.41) is 4.52. The number of nitrogens with zero attached hydrogens (tertiary/aromatic N) is 1. The summed E-state index contributed by atoms with van der Waals surface area (Å²) >= 11 is 9.51. The smallest absolute Gasteiger partial charge is 0.0548 e. The Bertz CT molecular complexity index is 452. The summed E-state index contributed by atoms with van der Waals surface area (Å²) in [6, 6.07) is 7.61. The van der Waals surface area contributed by atoms with E-state index < -0.39 is 0 Å². The van der Waals surface area contributed by atoms with Gasteiger partial charge >= 0.3 is 0 Å². The second kappa shape index (κ2) is 6.13. The molecule has 0 amide bonds.